The standard InChI is InChI=1S/C12H18BrN3S/c1-7(2)17-6-9-15-11(8-4-5-8)10(13)12(14-3)16-9/h7-8H,4-6H2,1-3H3,(H,14,15,16). The molecular formula is C12H18BrN3S. The van der Waals surface area contributed by atoms with Crippen molar-refractivity contribution in [2.75, 3.05) is 12.4 Å². The average Bonchev–Trinajstić information content (AvgIpc) is 3.11. The lowest BCUT2D eigenvalue weighted by Crippen LogP contribution is -2.05. The van der Waals surface area contributed by atoms with E-state index in [1.807, 2.05) is 18.8 Å². The molecule has 94 valence electrons. The van der Waals surface area contributed by atoms with Crippen molar-refractivity contribution in [2.24, 2.45) is 0 Å². The molecule has 1 aliphatic rings. The Bertz CT molecular complexity index is 405. The Morgan fingerprint density at radius 1 is 1.41 bits per heavy atom. The van der Waals surface area contributed by atoms with E-state index in [0.29, 0.717) is 11.2 Å². The van der Waals surface area contributed by atoms with Gasteiger partial charge < -0.3 is 5.32 Å². The zero-order valence-electron chi connectivity index (χ0n) is 10.5. The molecule has 2 rings (SSSR count). The second kappa shape index (κ2) is 5.57. The molecular weight excluding hydrogens is 298 g/mol. The lowest BCUT2D eigenvalue weighted by Gasteiger charge is -2.11. The summed E-state index contributed by atoms with van der Waals surface area (Å²) in [4.78, 5) is 9.24. The molecule has 5 heteroatoms. The number of aromatic nitrogens is 2. The van der Waals surface area contributed by atoms with Gasteiger partial charge in [0.1, 0.15) is 11.6 Å². The fourth-order valence-electron chi connectivity index (χ4n) is 1.61. The third-order valence-electron chi connectivity index (χ3n) is 2.67. The Morgan fingerprint density at radius 2 is 2.12 bits per heavy atom. The first-order chi connectivity index (χ1) is 8.11. The molecule has 0 atom stereocenters. The highest BCUT2D eigenvalue weighted by Gasteiger charge is 2.29. The van der Waals surface area contributed by atoms with E-state index in [1.54, 1.807) is 0 Å². The first kappa shape index (κ1) is 13.1. The number of nitrogens with zero attached hydrogens (tertiary/aromatic N) is 2. The predicted octanol–water partition coefficient (Wildman–Crippen LogP) is 3.80. The van der Waals surface area contributed by atoms with Gasteiger partial charge in [-0.05, 0) is 34.0 Å². The van der Waals surface area contributed by atoms with Crippen LogP contribution in [0, 0.1) is 0 Å². The van der Waals surface area contributed by atoms with Crippen LogP contribution < -0.4 is 5.32 Å². The average molecular weight is 316 g/mol. The Labute approximate surface area is 115 Å². The third kappa shape index (κ3) is 3.35. The van der Waals surface area contributed by atoms with E-state index < -0.39 is 0 Å². The number of anilines is 1. The van der Waals surface area contributed by atoms with Crippen molar-refractivity contribution in [2.45, 2.75) is 43.6 Å². The Hall–Kier alpha value is -0.290. The van der Waals surface area contributed by atoms with E-state index in [2.05, 4.69) is 40.1 Å². The second-order valence-electron chi connectivity index (χ2n) is 4.57. The molecule has 1 fully saturated rings. The van der Waals surface area contributed by atoms with Gasteiger partial charge in [0.05, 0.1) is 15.9 Å². The molecule has 0 aliphatic heterocycles. The molecule has 0 unspecified atom stereocenters. The van der Waals surface area contributed by atoms with Crippen molar-refractivity contribution >= 4 is 33.5 Å². The number of nitrogens with one attached hydrogen (secondary N) is 1. The van der Waals surface area contributed by atoms with Crippen molar-refractivity contribution in [3.05, 3.63) is 16.0 Å². The van der Waals surface area contributed by atoms with Crippen molar-refractivity contribution in [1.82, 2.24) is 9.97 Å². The molecule has 3 nitrogen and oxygen atoms in total. The van der Waals surface area contributed by atoms with E-state index in [1.165, 1.54) is 18.5 Å². The number of hydrogen-bond acceptors (Lipinski definition) is 4. The SMILES string of the molecule is CNc1nc(CSC(C)C)nc(C2CC2)c1Br. The largest absolute Gasteiger partial charge is 0.372 e. The summed E-state index contributed by atoms with van der Waals surface area (Å²) >= 11 is 5.48. The van der Waals surface area contributed by atoms with Gasteiger partial charge in [-0.15, -0.1) is 0 Å². The number of thioether (sulfide) groups is 1. The minimum Gasteiger partial charge on any atom is -0.372 e. The molecule has 17 heavy (non-hydrogen) atoms. The van der Waals surface area contributed by atoms with Gasteiger partial charge >= 0.3 is 0 Å². The molecule has 0 saturated heterocycles. The minimum absolute atomic E-state index is 0.615. The van der Waals surface area contributed by atoms with Crippen molar-refractivity contribution in [3.63, 3.8) is 0 Å². The normalized spacial score (nSPS) is 15.4. The number of hydrogen-bond donors (Lipinski definition) is 1. The van der Waals surface area contributed by atoms with Crippen LogP contribution in [0.25, 0.3) is 0 Å². The van der Waals surface area contributed by atoms with Crippen LogP contribution in [-0.2, 0) is 5.75 Å². The lowest BCUT2D eigenvalue weighted by atomic mass is 10.2. The van der Waals surface area contributed by atoms with Crippen LogP contribution in [0.15, 0.2) is 4.47 Å². The van der Waals surface area contributed by atoms with Gasteiger partial charge in [0.15, 0.2) is 0 Å². The molecule has 0 bridgehead atoms. The summed E-state index contributed by atoms with van der Waals surface area (Å²) < 4.78 is 1.04. The van der Waals surface area contributed by atoms with E-state index in [4.69, 9.17) is 4.98 Å². The maximum atomic E-state index is 4.70. The first-order valence-electron chi connectivity index (χ1n) is 5.97. The summed E-state index contributed by atoms with van der Waals surface area (Å²) in [6.45, 7) is 4.40. The quantitative estimate of drug-likeness (QED) is 0.896. The number of rotatable bonds is 5. The van der Waals surface area contributed by atoms with Gasteiger partial charge in [0.2, 0.25) is 0 Å². The Kier molecular flexibility index (Phi) is 4.31. The number of halogens is 1. The summed E-state index contributed by atoms with van der Waals surface area (Å²) in [5.74, 6) is 3.39. The molecule has 1 heterocycles. The first-order valence-corrected chi connectivity index (χ1v) is 7.81. The topological polar surface area (TPSA) is 37.8 Å². The summed E-state index contributed by atoms with van der Waals surface area (Å²) in [6, 6.07) is 0. The van der Waals surface area contributed by atoms with E-state index in [9.17, 15) is 0 Å². The van der Waals surface area contributed by atoms with Gasteiger partial charge in [0, 0.05) is 13.0 Å². The second-order valence-corrected chi connectivity index (χ2v) is 6.93. The van der Waals surface area contributed by atoms with Gasteiger partial charge in [-0.2, -0.15) is 11.8 Å². The van der Waals surface area contributed by atoms with Crippen LogP contribution in [0.1, 0.15) is 44.1 Å². The Balaban J connectivity index is 2.23. The monoisotopic (exact) mass is 315 g/mol. The molecule has 0 aromatic carbocycles. The van der Waals surface area contributed by atoms with Gasteiger partial charge in [-0.1, -0.05) is 13.8 Å². The molecule has 1 N–H and O–H groups in total. The molecule has 0 spiro atoms. The highest BCUT2D eigenvalue weighted by atomic mass is 79.9. The zero-order chi connectivity index (χ0) is 12.4. The predicted molar refractivity (Wildman–Crippen MR) is 77.7 cm³/mol. The smallest absolute Gasteiger partial charge is 0.144 e. The molecule has 1 saturated carbocycles. The summed E-state index contributed by atoms with van der Waals surface area (Å²) in [7, 11) is 1.91. The summed E-state index contributed by atoms with van der Waals surface area (Å²) in [6.07, 6.45) is 2.52. The van der Waals surface area contributed by atoms with Crippen LogP contribution in [0.5, 0.6) is 0 Å². The minimum atomic E-state index is 0.615. The van der Waals surface area contributed by atoms with Gasteiger partial charge in [-0.25, -0.2) is 9.97 Å². The molecule has 0 radical (unpaired) electrons. The highest BCUT2D eigenvalue weighted by Crippen LogP contribution is 2.43. The molecule has 1 aliphatic carbocycles. The third-order valence-corrected chi connectivity index (χ3v) is 4.54. The van der Waals surface area contributed by atoms with E-state index >= 15 is 0 Å². The summed E-state index contributed by atoms with van der Waals surface area (Å²) in [5.41, 5.74) is 1.18. The molecule has 0 amide bonds. The Morgan fingerprint density at radius 3 is 2.65 bits per heavy atom. The van der Waals surface area contributed by atoms with Gasteiger partial charge in [0.25, 0.3) is 0 Å². The zero-order valence-corrected chi connectivity index (χ0v) is 12.9. The van der Waals surface area contributed by atoms with Crippen LogP contribution in [0.3, 0.4) is 0 Å². The van der Waals surface area contributed by atoms with Crippen LogP contribution >= 0.6 is 27.7 Å². The van der Waals surface area contributed by atoms with Crippen LogP contribution in [0.2, 0.25) is 0 Å². The fraction of sp³-hybridized carbons (Fsp3) is 0.667. The lowest BCUT2D eigenvalue weighted by molar-refractivity contribution is 0.919. The van der Waals surface area contributed by atoms with Crippen molar-refractivity contribution in [1.29, 1.82) is 0 Å². The fourth-order valence-corrected chi connectivity index (χ4v) is 2.92. The van der Waals surface area contributed by atoms with E-state index in [0.717, 1.165) is 21.9 Å². The molecule has 1 aromatic rings. The summed E-state index contributed by atoms with van der Waals surface area (Å²) in [5, 5.41) is 3.75. The van der Waals surface area contributed by atoms with Crippen LogP contribution in [-0.4, -0.2) is 22.3 Å². The maximum absolute atomic E-state index is 4.70. The highest BCUT2D eigenvalue weighted by molar-refractivity contribution is 9.10. The van der Waals surface area contributed by atoms with Crippen molar-refractivity contribution in [3.8, 4) is 0 Å². The maximum Gasteiger partial charge on any atom is 0.144 e. The molecule has 1 aromatic heterocycles. The van der Waals surface area contributed by atoms with Gasteiger partial charge in [-0.3, -0.25) is 0 Å². The van der Waals surface area contributed by atoms with Crippen molar-refractivity contribution < 1.29 is 0 Å². The van der Waals surface area contributed by atoms with Crippen LogP contribution in [0.4, 0.5) is 5.82 Å². The van der Waals surface area contributed by atoms with E-state index in [-0.39, 0.29) is 0 Å².